The van der Waals surface area contributed by atoms with Crippen LogP contribution in [0.3, 0.4) is 0 Å². The summed E-state index contributed by atoms with van der Waals surface area (Å²) in [6.45, 7) is 1.96. The van der Waals surface area contributed by atoms with Crippen molar-refractivity contribution in [3.8, 4) is 0 Å². The van der Waals surface area contributed by atoms with Gasteiger partial charge in [-0.05, 0) is 0 Å². The molecule has 0 aliphatic rings. The van der Waals surface area contributed by atoms with Crippen molar-refractivity contribution in [1.82, 2.24) is 0 Å². The Bertz CT molecular complexity index is 817. The molecule has 3 aromatic rings. The Morgan fingerprint density at radius 2 is 1.38 bits per heavy atom. The molecule has 0 spiro atoms. The van der Waals surface area contributed by atoms with E-state index in [0.717, 1.165) is 22.0 Å². The molecule has 26 heavy (non-hydrogen) atoms. The van der Waals surface area contributed by atoms with Crippen LogP contribution in [0.25, 0.3) is 0 Å². The molecular formula is C17H19NiO5PS2. The molecule has 0 unspecified atom stereocenters. The number of aryl methyl sites for hydroxylation is 1. The third-order valence-corrected chi connectivity index (χ3v) is 7.38. The summed E-state index contributed by atoms with van der Waals surface area (Å²) in [6, 6.07) is 10.8. The second-order valence-electron chi connectivity index (χ2n) is 5.46. The van der Waals surface area contributed by atoms with E-state index >= 15 is 0 Å². The first kappa shape index (κ1) is 21.6. The molecule has 0 fully saturated rings. The monoisotopic (exact) mass is 456 g/mol. The van der Waals surface area contributed by atoms with E-state index in [-0.39, 0.29) is 21.8 Å². The maximum atomic E-state index is 9.88. The third-order valence-electron chi connectivity index (χ3n) is 3.55. The molecule has 9 heteroatoms. The molecule has 2 heterocycles. The van der Waals surface area contributed by atoms with Crippen molar-refractivity contribution in [2.75, 3.05) is 0 Å². The van der Waals surface area contributed by atoms with Crippen LogP contribution in [-0.2, 0) is 28.0 Å². The van der Waals surface area contributed by atoms with Gasteiger partial charge in [-0.1, -0.05) is 0 Å². The van der Waals surface area contributed by atoms with Crippen LogP contribution in [0.2, 0.25) is 0 Å². The summed E-state index contributed by atoms with van der Waals surface area (Å²) in [6.07, 6.45) is 3.22. The predicted octanol–water partition coefficient (Wildman–Crippen LogP) is 3.86. The molecule has 0 radical (unpaired) electrons. The van der Waals surface area contributed by atoms with Gasteiger partial charge in [0.05, 0.1) is 0 Å². The second kappa shape index (κ2) is 9.47. The van der Waals surface area contributed by atoms with E-state index < -0.39 is 7.94 Å². The van der Waals surface area contributed by atoms with Crippen LogP contribution < -0.4 is 5.30 Å². The van der Waals surface area contributed by atoms with Gasteiger partial charge in [-0.2, -0.15) is 0 Å². The van der Waals surface area contributed by atoms with E-state index in [1.807, 2.05) is 31.2 Å². The Morgan fingerprint density at radius 1 is 0.846 bits per heavy atom. The van der Waals surface area contributed by atoms with E-state index in [9.17, 15) is 14.7 Å². The molecule has 0 atom stereocenters. The van der Waals surface area contributed by atoms with Gasteiger partial charge in [0.1, 0.15) is 0 Å². The van der Waals surface area contributed by atoms with Crippen LogP contribution in [0, 0.1) is 6.92 Å². The summed E-state index contributed by atoms with van der Waals surface area (Å²) in [5.74, 6) is 2.75. The molecule has 144 valence electrons. The summed E-state index contributed by atoms with van der Waals surface area (Å²) in [5, 5.41) is 0.191. The van der Waals surface area contributed by atoms with E-state index in [4.69, 9.17) is 8.83 Å². The fourth-order valence-corrected chi connectivity index (χ4v) is 6.09. The van der Waals surface area contributed by atoms with Gasteiger partial charge in [0.25, 0.3) is 0 Å². The zero-order valence-electron chi connectivity index (χ0n) is 13.8. The average Bonchev–Trinajstić information content (AvgIpc) is 3.24. The van der Waals surface area contributed by atoms with Crippen molar-refractivity contribution in [1.29, 1.82) is 0 Å². The summed E-state index contributed by atoms with van der Waals surface area (Å²) in [7, 11) is -4.44. The zero-order chi connectivity index (χ0) is 17.9. The first-order valence-corrected chi connectivity index (χ1v) is 11.4. The number of benzene rings is 1. The van der Waals surface area contributed by atoms with Crippen LogP contribution in [0.5, 0.6) is 0 Å². The van der Waals surface area contributed by atoms with E-state index in [1.54, 1.807) is 36.4 Å². The average molecular weight is 457 g/mol. The molecule has 2 aromatic heterocycles. The molecule has 0 saturated carbocycles. The largest absolute Gasteiger partial charge is 0 e. The Balaban J connectivity index is 0.00000243. The van der Waals surface area contributed by atoms with Crippen molar-refractivity contribution in [3.05, 3.63) is 66.0 Å². The minimum atomic E-state index is -4.44. The first-order valence-electron chi connectivity index (χ1n) is 7.56. The van der Waals surface area contributed by atoms with Crippen molar-refractivity contribution in [3.63, 3.8) is 0 Å². The third kappa shape index (κ3) is 5.40. The fourth-order valence-electron chi connectivity index (χ4n) is 2.32. The Hall–Kier alpha value is -0.716. The van der Waals surface area contributed by atoms with Crippen molar-refractivity contribution < 1.29 is 40.0 Å². The molecule has 0 amide bonds. The predicted molar refractivity (Wildman–Crippen MR) is 102 cm³/mol. The smallest absolute Gasteiger partial charge is 0 e. The maximum absolute atomic E-state index is 9.88. The molecule has 0 saturated heterocycles. The summed E-state index contributed by atoms with van der Waals surface area (Å²) < 4.78 is 10.7. The first-order chi connectivity index (χ1) is 11.9. The van der Waals surface area contributed by atoms with Gasteiger partial charge in [-0.25, -0.2) is 0 Å². The van der Waals surface area contributed by atoms with Gasteiger partial charge in [0.2, 0.25) is 0 Å². The van der Waals surface area contributed by atoms with Gasteiger partial charge in [-0.3, -0.25) is 0 Å². The van der Waals surface area contributed by atoms with Gasteiger partial charge in [0.15, 0.2) is 0 Å². The van der Waals surface area contributed by atoms with Crippen molar-refractivity contribution in [2.24, 2.45) is 0 Å². The molecule has 0 aliphatic heterocycles. The SMILES string of the molecule is Cc1ccc([PH](O)(O)O)c(SCc2ccco2)c1SCc1ccco1.[Ni]. The summed E-state index contributed by atoms with van der Waals surface area (Å²) in [4.78, 5) is 31.2. The molecule has 0 aliphatic carbocycles. The topological polar surface area (TPSA) is 87.0 Å². The van der Waals surface area contributed by atoms with Crippen molar-refractivity contribution in [2.45, 2.75) is 28.2 Å². The van der Waals surface area contributed by atoms with Gasteiger partial charge in [-0.15, -0.1) is 0 Å². The van der Waals surface area contributed by atoms with Gasteiger partial charge in [0, 0.05) is 16.5 Å². The van der Waals surface area contributed by atoms with Gasteiger partial charge < -0.3 is 0 Å². The Morgan fingerprint density at radius 3 is 1.85 bits per heavy atom. The molecule has 1 aromatic carbocycles. The van der Waals surface area contributed by atoms with Crippen LogP contribution in [0.4, 0.5) is 0 Å². The van der Waals surface area contributed by atoms with Gasteiger partial charge >= 0.3 is 155 Å². The molecule has 5 nitrogen and oxygen atoms in total. The van der Waals surface area contributed by atoms with E-state index in [0.29, 0.717) is 16.4 Å². The molecule has 3 N–H and O–H groups in total. The summed E-state index contributed by atoms with van der Waals surface area (Å²) in [5.41, 5.74) is 1.00. The normalized spacial score (nSPS) is 12.0. The molecule has 3 rings (SSSR count). The minimum absolute atomic E-state index is 0. The maximum Gasteiger partial charge on any atom is 0 e. The standard InChI is InChI=1S/C17H19O5PS2.Ni/c1-12-6-7-15(23(18,19)20)17(25-11-14-5-3-9-22-14)16(12)24-10-13-4-2-8-21-13;/h2-9,18-20,23H,10-11H2,1H3;. The number of rotatable bonds is 7. The number of thioether (sulfide) groups is 2. The van der Waals surface area contributed by atoms with Crippen LogP contribution in [0.1, 0.15) is 17.1 Å². The quantitative estimate of drug-likeness (QED) is 0.282. The van der Waals surface area contributed by atoms with E-state index in [2.05, 4.69) is 0 Å². The minimum Gasteiger partial charge on any atom is 0 e. The van der Waals surface area contributed by atoms with E-state index in [1.165, 1.54) is 11.8 Å². The number of hydrogen-bond acceptors (Lipinski definition) is 7. The van der Waals surface area contributed by atoms with Crippen LogP contribution >= 0.6 is 31.5 Å². The van der Waals surface area contributed by atoms with Crippen LogP contribution in [-0.4, -0.2) is 14.7 Å². The molecular weight excluding hydrogens is 438 g/mol. The summed E-state index contributed by atoms with van der Waals surface area (Å²) >= 11 is 2.96. The zero-order valence-corrected chi connectivity index (χ0v) is 17.4. The second-order valence-corrected chi connectivity index (χ2v) is 9.24. The Kier molecular flexibility index (Phi) is 7.86. The Labute approximate surface area is 170 Å². The number of hydrogen-bond donors (Lipinski definition) is 3. The van der Waals surface area contributed by atoms with Crippen LogP contribution in [0.15, 0.2) is 67.5 Å². The molecule has 0 bridgehead atoms. The number of furan rings is 2. The fraction of sp³-hybridized carbons (Fsp3) is 0.176. The van der Waals surface area contributed by atoms with Crippen molar-refractivity contribution >= 4 is 36.8 Å².